The quantitative estimate of drug-likeness (QED) is 0.821. The first-order valence-corrected chi connectivity index (χ1v) is 7.35. The molecule has 2 rings (SSSR count). The normalized spacial score (nSPS) is 11.2. The Balaban J connectivity index is 2.18. The highest BCUT2D eigenvalue weighted by Crippen LogP contribution is 2.26. The second kappa shape index (κ2) is 6.55. The average molecular weight is 343 g/mol. The Morgan fingerprint density at radius 2 is 2.11 bits per heavy atom. The molecule has 2 aromatic rings. The summed E-state index contributed by atoms with van der Waals surface area (Å²) in [5, 5.41) is 0.715. The monoisotopic (exact) mass is 341 g/mol. The second-order valence-electron chi connectivity index (χ2n) is 4.76. The first-order chi connectivity index (χ1) is 9.06. The van der Waals surface area contributed by atoms with Crippen LogP contribution in [0.5, 0.6) is 0 Å². The lowest BCUT2D eigenvalue weighted by Gasteiger charge is -2.11. The van der Waals surface area contributed by atoms with Crippen LogP contribution in [-0.4, -0.2) is 35.1 Å². The fraction of sp³-hybridized carbons (Fsp3) is 0.357. The third-order valence-corrected chi connectivity index (χ3v) is 3.52. The Morgan fingerprint density at radius 3 is 2.79 bits per heavy atom. The zero-order valence-corrected chi connectivity index (χ0v) is 13.4. The largest absolute Gasteiger partial charge is 0.331 e. The van der Waals surface area contributed by atoms with E-state index in [1.165, 1.54) is 0 Å². The molecule has 0 amide bonds. The van der Waals surface area contributed by atoms with Crippen molar-refractivity contribution in [3.63, 3.8) is 0 Å². The molecule has 0 atom stereocenters. The van der Waals surface area contributed by atoms with Crippen LogP contribution in [0.4, 0.5) is 0 Å². The number of aromatic nitrogens is 2. The molecular weight excluding hydrogens is 326 g/mol. The molecule has 1 aromatic carbocycles. The van der Waals surface area contributed by atoms with Gasteiger partial charge < -0.3 is 9.47 Å². The van der Waals surface area contributed by atoms with Gasteiger partial charge in [-0.05, 0) is 45.3 Å². The molecule has 0 aliphatic carbocycles. The number of imidazole rings is 1. The van der Waals surface area contributed by atoms with Crippen LogP contribution in [-0.2, 0) is 6.54 Å². The molecular formula is C14H17BrClN3. The third kappa shape index (κ3) is 4.06. The van der Waals surface area contributed by atoms with Crippen molar-refractivity contribution in [2.24, 2.45) is 0 Å². The maximum absolute atomic E-state index is 6.09. The molecule has 0 aliphatic rings. The molecule has 0 N–H and O–H groups in total. The van der Waals surface area contributed by atoms with Crippen molar-refractivity contribution < 1.29 is 0 Å². The maximum Gasteiger partial charge on any atom is 0.139 e. The van der Waals surface area contributed by atoms with E-state index in [1.54, 1.807) is 0 Å². The van der Waals surface area contributed by atoms with Crippen LogP contribution < -0.4 is 0 Å². The van der Waals surface area contributed by atoms with Gasteiger partial charge in [0.05, 0.1) is 0 Å². The summed E-state index contributed by atoms with van der Waals surface area (Å²) in [5.41, 5.74) is 1.04. The summed E-state index contributed by atoms with van der Waals surface area (Å²) in [4.78, 5) is 6.62. The highest BCUT2D eigenvalue weighted by Gasteiger charge is 2.07. The Hall–Kier alpha value is -0.840. The molecule has 0 saturated heterocycles. The molecule has 1 aromatic heterocycles. The van der Waals surface area contributed by atoms with Crippen molar-refractivity contribution in [1.29, 1.82) is 0 Å². The molecule has 0 aliphatic heterocycles. The third-order valence-electron chi connectivity index (χ3n) is 2.84. The number of aryl methyl sites for hydroxylation is 1. The molecule has 1 heterocycles. The number of halogens is 2. The molecule has 0 spiro atoms. The highest BCUT2D eigenvalue weighted by molar-refractivity contribution is 9.10. The lowest BCUT2D eigenvalue weighted by molar-refractivity contribution is 0.387. The summed E-state index contributed by atoms with van der Waals surface area (Å²) in [6.45, 7) is 2.02. The lowest BCUT2D eigenvalue weighted by atomic mass is 10.2. The summed E-state index contributed by atoms with van der Waals surface area (Å²) in [5.74, 6) is 0.960. The van der Waals surface area contributed by atoms with E-state index < -0.39 is 0 Å². The van der Waals surface area contributed by atoms with Gasteiger partial charge in [-0.25, -0.2) is 4.98 Å². The molecule has 0 radical (unpaired) electrons. The fourth-order valence-electron chi connectivity index (χ4n) is 1.99. The van der Waals surface area contributed by atoms with E-state index >= 15 is 0 Å². The van der Waals surface area contributed by atoms with Gasteiger partial charge in [-0.1, -0.05) is 27.5 Å². The number of rotatable bonds is 5. The second-order valence-corrected chi connectivity index (χ2v) is 6.11. The Morgan fingerprint density at radius 1 is 1.32 bits per heavy atom. The number of benzene rings is 1. The van der Waals surface area contributed by atoms with Gasteiger partial charge in [-0.15, -0.1) is 0 Å². The van der Waals surface area contributed by atoms with Crippen molar-refractivity contribution in [3.8, 4) is 11.4 Å². The zero-order chi connectivity index (χ0) is 13.8. The first kappa shape index (κ1) is 14.6. The minimum Gasteiger partial charge on any atom is -0.331 e. The van der Waals surface area contributed by atoms with Crippen molar-refractivity contribution >= 4 is 27.5 Å². The minimum absolute atomic E-state index is 0.715. The number of hydrogen-bond donors (Lipinski definition) is 0. The molecule has 19 heavy (non-hydrogen) atoms. The van der Waals surface area contributed by atoms with E-state index in [2.05, 4.69) is 44.5 Å². The lowest BCUT2D eigenvalue weighted by Crippen LogP contribution is -2.15. The van der Waals surface area contributed by atoms with Crippen LogP contribution in [0.1, 0.15) is 6.42 Å². The maximum atomic E-state index is 6.09. The molecule has 0 fully saturated rings. The highest BCUT2D eigenvalue weighted by atomic mass is 79.9. The molecule has 3 nitrogen and oxygen atoms in total. The summed E-state index contributed by atoms with van der Waals surface area (Å²) in [6, 6.07) is 5.86. The van der Waals surface area contributed by atoms with E-state index in [9.17, 15) is 0 Å². The van der Waals surface area contributed by atoms with E-state index in [0.29, 0.717) is 5.02 Å². The summed E-state index contributed by atoms with van der Waals surface area (Å²) >= 11 is 9.56. The average Bonchev–Trinajstić information content (AvgIpc) is 2.75. The van der Waals surface area contributed by atoms with Gasteiger partial charge in [0, 0.05) is 34.0 Å². The number of nitrogens with zero attached hydrogens (tertiary/aromatic N) is 3. The standard InChI is InChI=1S/C14H17BrClN3/c1-18(2)5-3-6-19-7-4-17-14(19)11-8-12(15)10-13(16)9-11/h4,7-10H,3,5-6H2,1-2H3. The van der Waals surface area contributed by atoms with E-state index in [0.717, 1.165) is 35.4 Å². The van der Waals surface area contributed by atoms with Crippen LogP contribution >= 0.6 is 27.5 Å². The molecule has 0 bridgehead atoms. The summed E-state index contributed by atoms with van der Waals surface area (Å²) < 4.78 is 3.14. The van der Waals surface area contributed by atoms with Gasteiger partial charge in [0.25, 0.3) is 0 Å². The predicted molar refractivity (Wildman–Crippen MR) is 83.5 cm³/mol. The van der Waals surface area contributed by atoms with Crippen LogP contribution in [0.25, 0.3) is 11.4 Å². The zero-order valence-electron chi connectivity index (χ0n) is 11.1. The van der Waals surface area contributed by atoms with E-state index in [4.69, 9.17) is 11.6 Å². The minimum atomic E-state index is 0.715. The van der Waals surface area contributed by atoms with E-state index in [-0.39, 0.29) is 0 Å². The van der Waals surface area contributed by atoms with Gasteiger partial charge in [0.15, 0.2) is 0 Å². The Bertz CT molecular complexity index is 531. The SMILES string of the molecule is CN(C)CCCn1ccnc1-c1cc(Cl)cc(Br)c1. The Labute approximate surface area is 127 Å². The first-order valence-electron chi connectivity index (χ1n) is 6.18. The van der Waals surface area contributed by atoms with E-state index in [1.807, 2.05) is 30.6 Å². The molecule has 0 saturated carbocycles. The van der Waals surface area contributed by atoms with Crippen LogP contribution in [0.2, 0.25) is 5.02 Å². The van der Waals surface area contributed by atoms with Crippen molar-refractivity contribution in [2.75, 3.05) is 20.6 Å². The van der Waals surface area contributed by atoms with Gasteiger partial charge in [0.1, 0.15) is 5.82 Å². The topological polar surface area (TPSA) is 21.1 Å². The van der Waals surface area contributed by atoms with Crippen LogP contribution in [0.15, 0.2) is 35.1 Å². The summed E-state index contributed by atoms with van der Waals surface area (Å²) in [7, 11) is 4.17. The Kier molecular flexibility index (Phi) is 5.02. The smallest absolute Gasteiger partial charge is 0.139 e. The van der Waals surface area contributed by atoms with Crippen molar-refractivity contribution in [1.82, 2.24) is 14.5 Å². The number of hydrogen-bond acceptors (Lipinski definition) is 2. The van der Waals surface area contributed by atoms with Crippen LogP contribution in [0, 0.1) is 0 Å². The molecule has 102 valence electrons. The molecule has 5 heteroatoms. The summed E-state index contributed by atoms with van der Waals surface area (Å²) in [6.07, 6.45) is 4.94. The fourth-order valence-corrected chi connectivity index (χ4v) is 2.85. The van der Waals surface area contributed by atoms with Gasteiger partial charge in [-0.2, -0.15) is 0 Å². The van der Waals surface area contributed by atoms with Gasteiger partial charge >= 0.3 is 0 Å². The van der Waals surface area contributed by atoms with Gasteiger partial charge in [0.2, 0.25) is 0 Å². The van der Waals surface area contributed by atoms with Crippen molar-refractivity contribution in [3.05, 3.63) is 40.1 Å². The predicted octanol–water partition coefficient (Wildman–Crippen LogP) is 3.92. The van der Waals surface area contributed by atoms with Crippen molar-refractivity contribution in [2.45, 2.75) is 13.0 Å². The van der Waals surface area contributed by atoms with Gasteiger partial charge in [-0.3, -0.25) is 0 Å². The molecule has 0 unspecified atom stereocenters. The van der Waals surface area contributed by atoms with Crippen LogP contribution in [0.3, 0.4) is 0 Å².